The highest BCUT2D eigenvalue weighted by Gasteiger charge is 2.56. The Kier molecular flexibility index (Phi) is 4.06. The van der Waals surface area contributed by atoms with Crippen LogP contribution >= 0.6 is 0 Å². The van der Waals surface area contributed by atoms with Crippen LogP contribution in [0, 0.1) is 5.41 Å². The summed E-state index contributed by atoms with van der Waals surface area (Å²) in [5, 5.41) is 12.4. The zero-order valence-electron chi connectivity index (χ0n) is 15.6. The lowest BCUT2D eigenvalue weighted by Gasteiger charge is -2.58. The molecule has 2 aromatic rings. The lowest BCUT2D eigenvalue weighted by Crippen LogP contribution is -2.62. The fourth-order valence-corrected chi connectivity index (χ4v) is 4.07. The lowest BCUT2D eigenvalue weighted by atomic mass is 9.64. The first kappa shape index (κ1) is 17.1. The van der Waals surface area contributed by atoms with Crippen LogP contribution in [-0.4, -0.2) is 50.5 Å². The molecule has 138 valence electrons. The highest BCUT2D eigenvalue weighted by molar-refractivity contribution is 5.93. The van der Waals surface area contributed by atoms with E-state index in [1.54, 1.807) is 18.3 Å². The summed E-state index contributed by atoms with van der Waals surface area (Å²) in [6.45, 7) is 8.59. The summed E-state index contributed by atoms with van der Waals surface area (Å²) < 4.78 is 7.55. The van der Waals surface area contributed by atoms with Gasteiger partial charge in [0.2, 0.25) is 0 Å². The Labute approximate surface area is 153 Å². The molecule has 0 aliphatic carbocycles. The minimum atomic E-state index is -0.0927. The number of hydrogen-bond acceptors (Lipinski definition) is 5. The van der Waals surface area contributed by atoms with Crippen molar-refractivity contribution in [3.8, 4) is 0 Å². The van der Waals surface area contributed by atoms with Crippen LogP contribution in [0.25, 0.3) is 0 Å². The third-order valence-electron chi connectivity index (χ3n) is 5.52. The van der Waals surface area contributed by atoms with Crippen LogP contribution in [0.15, 0.2) is 30.7 Å². The van der Waals surface area contributed by atoms with Gasteiger partial charge in [-0.25, -0.2) is 0 Å². The van der Waals surface area contributed by atoms with Crippen LogP contribution in [-0.2, 0) is 10.3 Å². The van der Waals surface area contributed by atoms with Crippen molar-refractivity contribution in [3.05, 3.63) is 42.0 Å². The maximum Gasteiger partial charge on any atom is 0.274 e. The van der Waals surface area contributed by atoms with Crippen molar-refractivity contribution < 1.29 is 9.53 Å². The summed E-state index contributed by atoms with van der Waals surface area (Å²) in [4.78, 5) is 14.9. The molecule has 0 aromatic carbocycles. The van der Waals surface area contributed by atoms with Crippen LogP contribution in [0.2, 0.25) is 0 Å². The highest BCUT2D eigenvalue weighted by atomic mass is 16.5. The molecule has 2 saturated heterocycles. The molecule has 2 aliphatic rings. The van der Waals surface area contributed by atoms with E-state index in [4.69, 9.17) is 4.74 Å². The number of carbonyl (C=O) groups is 1. The van der Waals surface area contributed by atoms with Gasteiger partial charge in [-0.05, 0) is 45.7 Å². The number of nitrogens with zero attached hydrogens (tertiary/aromatic N) is 5. The summed E-state index contributed by atoms with van der Waals surface area (Å²) in [6, 6.07) is 3.48. The van der Waals surface area contributed by atoms with Gasteiger partial charge in [-0.2, -0.15) is 10.2 Å². The molecule has 1 unspecified atom stereocenters. The smallest absolute Gasteiger partial charge is 0.274 e. The molecule has 1 amide bonds. The molecule has 0 N–H and O–H groups in total. The van der Waals surface area contributed by atoms with Gasteiger partial charge >= 0.3 is 0 Å². The standard InChI is InChI=1S/C19H25N5O2/c1-18(2,3)24-12-14(11-21-24)16-19(6-9-26-10-7-19)13-23(16)17(25)15-5-4-8-20-22-15/h4-5,8,11-12,16H,6-7,9-10,13H2,1-3H3. The average Bonchev–Trinajstić information content (AvgIpc) is 3.10. The van der Waals surface area contributed by atoms with Crippen molar-refractivity contribution in [3.63, 3.8) is 0 Å². The van der Waals surface area contributed by atoms with Gasteiger partial charge in [0.1, 0.15) is 0 Å². The number of rotatable bonds is 2. The molecule has 1 atom stereocenters. The minimum Gasteiger partial charge on any atom is -0.381 e. The molecule has 7 heteroatoms. The summed E-state index contributed by atoms with van der Waals surface area (Å²) >= 11 is 0. The first-order valence-corrected chi connectivity index (χ1v) is 9.12. The van der Waals surface area contributed by atoms with Crippen molar-refractivity contribution in [1.29, 1.82) is 0 Å². The predicted octanol–water partition coefficient (Wildman–Crippen LogP) is 2.42. The molecule has 4 heterocycles. The Bertz CT molecular complexity index is 790. The van der Waals surface area contributed by atoms with E-state index in [0.717, 1.165) is 38.2 Å². The number of amides is 1. The van der Waals surface area contributed by atoms with Gasteiger partial charge in [0.15, 0.2) is 5.69 Å². The largest absolute Gasteiger partial charge is 0.381 e. The van der Waals surface area contributed by atoms with Crippen LogP contribution in [0.5, 0.6) is 0 Å². The van der Waals surface area contributed by atoms with Crippen molar-refractivity contribution in [2.45, 2.75) is 45.2 Å². The van der Waals surface area contributed by atoms with Crippen molar-refractivity contribution in [2.24, 2.45) is 5.41 Å². The highest BCUT2D eigenvalue weighted by Crippen LogP contribution is 2.55. The maximum absolute atomic E-state index is 13.0. The van der Waals surface area contributed by atoms with Crippen LogP contribution in [0.3, 0.4) is 0 Å². The third-order valence-corrected chi connectivity index (χ3v) is 5.52. The first-order chi connectivity index (χ1) is 12.4. The molecular weight excluding hydrogens is 330 g/mol. The lowest BCUT2D eigenvalue weighted by molar-refractivity contribution is -0.115. The van der Waals surface area contributed by atoms with Crippen molar-refractivity contribution >= 4 is 5.91 Å². The second kappa shape index (κ2) is 6.16. The summed E-state index contributed by atoms with van der Waals surface area (Å²) in [5.41, 5.74) is 1.46. The van der Waals surface area contributed by atoms with E-state index in [2.05, 4.69) is 42.3 Å². The van der Waals surface area contributed by atoms with E-state index in [0.29, 0.717) is 5.69 Å². The van der Waals surface area contributed by atoms with Gasteiger partial charge in [0, 0.05) is 43.1 Å². The molecule has 2 aliphatic heterocycles. The molecule has 0 bridgehead atoms. The third kappa shape index (κ3) is 2.80. The van der Waals surface area contributed by atoms with Crippen LogP contribution in [0.4, 0.5) is 0 Å². The number of ether oxygens (including phenoxy) is 1. The van der Waals surface area contributed by atoms with Gasteiger partial charge in [-0.1, -0.05) is 0 Å². The van der Waals surface area contributed by atoms with E-state index in [1.165, 1.54) is 0 Å². The molecule has 0 radical (unpaired) electrons. The SMILES string of the molecule is CC(C)(C)n1cc(C2N(C(=O)c3cccnn3)CC23CCOCC3)cn1. The van der Waals surface area contributed by atoms with Gasteiger partial charge in [-0.15, -0.1) is 5.10 Å². The molecule has 4 rings (SSSR count). The average molecular weight is 355 g/mol. The summed E-state index contributed by atoms with van der Waals surface area (Å²) in [7, 11) is 0. The Morgan fingerprint density at radius 1 is 1.31 bits per heavy atom. The Balaban J connectivity index is 1.67. The minimum absolute atomic E-state index is 0.0111. The second-order valence-electron chi connectivity index (χ2n) is 8.31. The molecule has 2 aromatic heterocycles. The topological polar surface area (TPSA) is 73.1 Å². The zero-order valence-corrected chi connectivity index (χ0v) is 15.6. The molecule has 7 nitrogen and oxygen atoms in total. The zero-order chi connectivity index (χ0) is 18.4. The second-order valence-corrected chi connectivity index (χ2v) is 8.31. The number of hydrogen-bond donors (Lipinski definition) is 0. The van der Waals surface area contributed by atoms with Gasteiger partial charge in [0.05, 0.1) is 17.8 Å². The van der Waals surface area contributed by atoms with Crippen molar-refractivity contribution in [2.75, 3.05) is 19.8 Å². The number of carbonyl (C=O) groups excluding carboxylic acids is 1. The van der Waals surface area contributed by atoms with Crippen LogP contribution in [0.1, 0.15) is 55.7 Å². The molecular formula is C19H25N5O2. The van der Waals surface area contributed by atoms with E-state index in [1.807, 2.05) is 15.8 Å². The van der Waals surface area contributed by atoms with E-state index >= 15 is 0 Å². The quantitative estimate of drug-likeness (QED) is 0.827. The maximum atomic E-state index is 13.0. The van der Waals surface area contributed by atoms with Gasteiger partial charge in [0.25, 0.3) is 5.91 Å². The summed E-state index contributed by atoms with van der Waals surface area (Å²) in [5.74, 6) is -0.0660. The molecule has 1 spiro atoms. The van der Waals surface area contributed by atoms with E-state index in [9.17, 15) is 4.79 Å². The number of likely N-dealkylation sites (tertiary alicyclic amines) is 1. The molecule has 26 heavy (non-hydrogen) atoms. The Morgan fingerprint density at radius 2 is 2.08 bits per heavy atom. The molecule has 0 saturated carbocycles. The van der Waals surface area contributed by atoms with E-state index < -0.39 is 0 Å². The monoisotopic (exact) mass is 355 g/mol. The van der Waals surface area contributed by atoms with E-state index in [-0.39, 0.29) is 22.9 Å². The van der Waals surface area contributed by atoms with Crippen LogP contribution < -0.4 is 0 Å². The predicted molar refractivity (Wildman–Crippen MR) is 95.5 cm³/mol. The van der Waals surface area contributed by atoms with Gasteiger partial charge < -0.3 is 9.64 Å². The Hall–Kier alpha value is -2.28. The Morgan fingerprint density at radius 3 is 2.69 bits per heavy atom. The molecule has 2 fully saturated rings. The normalized spacial score (nSPS) is 22.3. The fraction of sp³-hybridized carbons (Fsp3) is 0.579. The van der Waals surface area contributed by atoms with Gasteiger partial charge in [-0.3, -0.25) is 9.48 Å². The first-order valence-electron chi connectivity index (χ1n) is 9.12. The fourth-order valence-electron chi connectivity index (χ4n) is 4.07. The summed E-state index contributed by atoms with van der Waals surface area (Å²) in [6.07, 6.45) is 7.49. The van der Waals surface area contributed by atoms with Crippen molar-refractivity contribution in [1.82, 2.24) is 24.9 Å². The number of aromatic nitrogens is 4.